The molecule has 5 heteroatoms. The van der Waals surface area contributed by atoms with Gasteiger partial charge in [-0.3, -0.25) is 0 Å². The Balaban J connectivity index is 2.16. The molecule has 0 aromatic heterocycles. The van der Waals surface area contributed by atoms with Gasteiger partial charge in [-0.15, -0.1) is 11.8 Å². The van der Waals surface area contributed by atoms with E-state index in [1.54, 1.807) is 24.9 Å². The molecule has 100 valence electrons. The number of ether oxygens (including phenoxy) is 1. The van der Waals surface area contributed by atoms with E-state index in [1.807, 2.05) is 24.3 Å². The highest BCUT2D eigenvalue weighted by molar-refractivity contribution is 9.10. The molecule has 2 aromatic rings. The molecule has 0 amide bonds. The van der Waals surface area contributed by atoms with Crippen LogP contribution in [0.15, 0.2) is 45.8 Å². The highest BCUT2D eigenvalue weighted by atomic mass is 79.9. The van der Waals surface area contributed by atoms with Crippen LogP contribution in [0.3, 0.4) is 0 Å². The molecule has 0 saturated heterocycles. The van der Waals surface area contributed by atoms with E-state index >= 15 is 0 Å². The standard InChI is InChI=1S/C14H13BrClNOS/c1-18-13-4-2-10(15)6-9(13)8-19-14-5-3-11(16)7-12(14)17/h2-7H,8,17H2,1H3. The Morgan fingerprint density at radius 3 is 2.74 bits per heavy atom. The molecule has 0 aliphatic rings. The van der Waals surface area contributed by atoms with Crippen molar-refractivity contribution in [1.29, 1.82) is 0 Å². The lowest BCUT2D eigenvalue weighted by molar-refractivity contribution is 0.411. The maximum Gasteiger partial charge on any atom is 0.122 e. The molecule has 19 heavy (non-hydrogen) atoms. The summed E-state index contributed by atoms with van der Waals surface area (Å²) in [6.45, 7) is 0. The SMILES string of the molecule is COc1ccc(Br)cc1CSc1ccc(Cl)cc1N. The van der Waals surface area contributed by atoms with E-state index < -0.39 is 0 Å². The average Bonchev–Trinajstić information content (AvgIpc) is 2.38. The van der Waals surface area contributed by atoms with Gasteiger partial charge in [0.05, 0.1) is 7.11 Å². The molecule has 0 fully saturated rings. The predicted molar refractivity (Wildman–Crippen MR) is 86.1 cm³/mol. The molecule has 0 spiro atoms. The van der Waals surface area contributed by atoms with Crippen LogP contribution in [0.25, 0.3) is 0 Å². The lowest BCUT2D eigenvalue weighted by Gasteiger charge is -2.10. The monoisotopic (exact) mass is 357 g/mol. The fraction of sp³-hybridized carbons (Fsp3) is 0.143. The zero-order valence-electron chi connectivity index (χ0n) is 10.3. The second-order valence-corrected chi connectivity index (χ2v) is 6.30. The number of nitrogen functional groups attached to an aromatic ring is 1. The summed E-state index contributed by atoms with van der Waals surface area (Å²) in [6.07, 6.45) is 0. The highest BCUT2D eigenvalue weighted by Crippen LogP contribution is 2.33. The van der Waals surface area contributed by atoms with Crippen molar-refractivity contribution in [2.24, 2.45) is 0 Å². The Morgan fingerprint density at radius 2 is 2.05 bits per heavy atom. The quantitative estimate of drug-likeness (QED) is 0.618. The van der Waals surface area contributed by atoms with Crippen molar-refractivity contribution in [3.63, 3.8) is 0 Å². The van der Waals surface area contributed by atoms with Crippen molar-refractivity contribution in [3.05, 3.63) is 51.5 Å². The first kappa shape index (κ1) is 14.6. The Hall–Kier alpha value is -0.840. The molecule has 0 atom stereocenters. The lowest BCUT2D eigenvalue weighted by atomic mass is 10.2. The van der Waals surface area contributed by atoms with Gasteiger partial charge in [0.1, 0.15) is 5.75 Å². The van der Waals surface area contributed by atoms with Crippen LogP contribution < -0.4 is 10.5 Å². The molecular weight excluding hydrogens is 346 g/mol. The van der Waals surface area contributed by atoms with E-state index in [9.17, 15) is 0 Å². The molecule has 0 unspecified atom stereocenters. The second kappa shape index (κ2) is 6.55. The molecule has 0 aliphatic carbocycles. The van der Waals surface area contributed by atoms with Crippen LogP contribution in [-0.2, 0) is 5.75 Å². The largest absolute Gasteiger partial charge is 0.496 e. The fourth-order valence-electron chi connectivity index (χ4n) is 1.67. The van der Waals surface area contributed by atoms with E-state index in [4.69, 9.17) is 22.1 Å². The number of hydrogen-bond donors (Lipinski definition) is 1. The number of hydrogen-bond acceptors (Lipinski definition) is 3. The molecule has 0 aliphatic heterocycles. The van der Waals surface area contributed by atoms with E-state index in [0.717, 1.165) is 26.4 Å². The summed E-state index contributed by atoms with van der Waals surface area (Å²) >= 11 is 11.0. The number of anilines is 1. The normalized spacial score (nSPS) is 10.5. The maximum absolute atomic E-state index is 5.94. The van der Waals surface area contributed by atoms with Crippen LogP contribution in [0.5, 0.6) is 5.75 Å². The molecular formula is C14H13BrClNOS. The number of thioether (sulfide) groups is 1. The molecule has 2 N–H and O–H groups in total. The smallest absolute Gasteiger partial charge is 0.122 e. The second-order valence-electron chi connectivity index (χ2n) is 3.93. The summed E-state index contributed by atoms with van der Waals surface area (Å²) in [4.78, 5) is 1.02. The number of methoxy groups -OCH3 is 1. The highest BCUT2D eigenvalue weighted by Gasteiger charge is 2.06. The average molecular weight is 359 g/mol. The van der Waals surface area contributed by atoms with Gasteiger partial charge in [-0.1, -0.05) is 27.5 Å². The summed E-state index contributed by atoms with van der Waals surface area (Å²) in [5.74, 6) is 1.66. The molecule has 2 nitrogen and oxygen atoms in total. The summed E-state index contributed by atoms with van der Waals surface area (Å²) in [7, 11) is 1.67. The third-order valence-corrected chi connectivity index (χ3v) is 4.46. The Labute approximate surface area is 130 Å². The molecule has 0 saturated carbocycles. The molecule has 2 rings (SSSR count). The van der Waals surface area contributed by atoms with Crippen molar-refractivity contribution in [1.82, 2.24) is 0 Å². The minimum Gasteiger partial charge on any atom is -0.496 e. The van der Waals surface area contributed by atoms with Gasteiger partial charge < -0.3 is 10.5 Å². The van der Waals surface area contributed by atoms with E-state index in [-0.39, 0.29) is 0 Å². The van der Waals surface area contributed by atoms with Crippen LogP contribution >= 0.6 is 39.3 Å². The van der Waals surface area contributed by atoms with Gasteiger partial charge in [-0.25, -0.2) is 0 Å². The molecule has 0 heterocycles. The van der Waals surface area contributed by atoms with Gasteiger partial charge in [-0.05, 0) is 36.4 Å². The van der Waals surface area contributed by atoms with Crippen LogP contribution in [0.2, 0.25) is 5.02 Å². The molecule has 2 aromatic carbocycles. The number of benzene rings is 2. The first-order chi connectivity index (χ1) is 9.10. The third kappa shape index (κ3) is 3.81. The van der Waals surface area contributed by atoms with Crippen LogP contribution in [0, 0.1) is 0 Å². The van der Waals surface area contributed by atoms with E-state index in [1.165, 1.54) is 0 Å². The third-order valence-electron chi connectivity index (χ3n) is 2.60. The van der Waals surface area contributed by atoms with Crippen molar-refractivity contribution >= 4 is 45.0 Å². The summed E-state index contributed by atoms with van der Waals surface area (Å²) < 4.78 is 6.39. The predicted octanol–water partition coefficient (Wildman–Crippen LogP) is 4.99. The van der Waals surface area contributed by atoms with Gasteiger partial charge >= 0.3 is 0 Å². The van der Waals surface area contributed by atoms with E-state index in [0.29, 0.717) is 10.7 Å². The Morgan fingerprint density at radius 1 is 1.26 bits per heavy atom. The minimum atomic E-state index is 0.655. The minimum absolute atomic E-state index is 0.655. The molecule has 0 bridgehead atoms. The van der Waals surface area contributed by atoms with Crippen LogP contribution in [0.4, 0.5) is 5.69 Å². The first-order valence-electron chi connectivity index (χ1n) is 5.60. The zero-order valence-corrected chi connectivity index (χ0v) is 13.5. The summed E-state index contributed by atoms with van der Waals surface area (Å²) in [6, 6.07) is 11.5. The van der Waals surface area contributed by atoms with Crippen molar-refractivity contribution in [3.8, 4) is 5.75 Å². The van der Waals surface area contributed by atoms with Gasteiger partial charge in [0.25, 0.3) is 0 Å². The molecule has 0 radical (unpaired) electrons. The van der Waals surface area contributed by atoms with E-state index in [2.05, 4.69) is 22.0 Å². The van der Waals surface area contributed by atoms with Crippen molar-refractivity contribution in [2.75, 3.05) is 12.8 Å². The van der Waals surface area contributed by atoms with Gasteiger partial charge in [0.2, 0.25) is 0 Å². The zero-order chi connectivity index (χ0) is 13.8. The number of halogens is 2. The van der Waals surface area contributed by atoms with Crippen molar-refractivity contribution in [2.45, 2.75) is 10.6 Å². The Kier molecular flexibility index (Phi) is 5.02. The number of nitrogens with two attached hydrogens (primary N) is 1. The van der Waals surface area contributed by atoms with Crippen LogP contribution in [-0.4, -0.2) is 7.11 Å². The Bertz CT molecular complexity index is 592. The summed E-state index contributed by atoms with van der Waals surface area (Å²) in [5, 5.41) is 0.655. The van der Waals surface area contributed by atoms with Gasteiger partial charge in [-0.2, -0.15) is 0 Å². The lowest BCUT2D eigenvalue weighted by Crippen LogP contribution is -1.92. The van der Waals surface area contributed by atoms with Gasteiger partial charge in [0.15, 0.2) is 0 Å². The fourth-order valence-corrected chi connectivity index (χ4v) is 3.18. The first-order valence-corrected chi connectivity index (χ1v) is 7.76. The maximum atomic E-state index is 5.94. The van der Waals surface area contributed by atoms with Crippen LogP contribution in [0.1, 0.15) is 5.56 Å². The number of rotatable bonds is 4. The van der Waals surface area contributed by atoms with Crippen molar-refractivity contribution < 1.29 is 4.74 Å². The summed E-state index contributed by atoms with van der Waals surface area (Å²) in [5.41, 5.74) is 7.76. The van der Waals surface area contributed by atoms with Gasteiger partial charge in [0, 0.05) is 31.4 Å². The topological polar surface area (TPSA) is 35.2 Å².